The van der Waals surface area contributed by atoms with Crippen LogP contribution < -0.4 is 10.7 Å². The minimum atomic E-state index is -0.806. The molecule has 23 heavy (non-hydrogen) atoms. The summed E-state index contributed by atoms with van der Waals surface area (Å²) in [4.78, 5) is 23.5. The molecule has 118 valence electrons. The molecule has 0 aliphatic rings. The van der Waals surface area contributed by atoms with Gasteiger partial charge in [-0.25, -0.2) is 5.43 Å². The quantitative estimate of drug-likeness (QED) is 0.491. The molecule has 2 aromatic carbocycles. The molecule has 0 radical (unpaired) electrons. The molecule has 2 rings (SSSR count). The molecular weight excluding hydrogens is 358 g/mol. The molecule has 0 unspecified atom stereocenters. The van der Waals surface area contributed by atoms with Gasteiger partial charge in [0, 0.05) is 4.47 Å². The fourth-order valence-electron chi connectivity index (χ4n) is 1.89. The molecule has 2 amide bonds. The summed E-state index contributed by atoms with van der Waals surface area (Å²) in [5.74, 6) is -1.54. The van der Waals surface area contributed by atoms with Crippen LogP contribution in [0.15, 0.2) is 64.2 Å². The molecule has 0 saturated carbocycles. The van der Waals surface area contributed by atoms with Gasteiger partial charge in [-0.15, -0.1) is 0 Å². The van der Waals surface area contributed by atoms with E-state index in [9.17, 15) is 9.59 Å². The Bertz CT molecular complexity index is 717. The Morgan fingerprint density at radius 2 is 1.83 bits per heavy atom. The molecule has 2 aromatic rings. The lowest BCUT2D eigenvalue weighted by Crippen LogP contribution is -2.39. The first kappa shape index (κ1) is 16.9. The van der Waals surface area contributed by atoms with Gasteiger partial charge in [-0.05, 0) is 30.2 Å². The monoisotopic (exact) mass is 373 g/mol. The average Bonchev–Trinajstić information content (AvgIpc) is 2.55. The van der Waals surface area contributed by atoms with Crippen molar-refractivity contribution in [3.05, 3.63) is 70.2 Å². The lowest BCUT2D eigenvalue weighted by molar-refractivity contribution is -0.139. The summed E-state index contributed by atoms with van der Waals surface area (Å²) in [5.41, 5.74) is 3.94. The predicted octanol–water partition coefficient (Wildman–Crippen LogP) is 2.78. The van der Waals surface area contributed by atoms with E-state index in [1.165, 1.54) is 6.21 Å². The van der Waals surface area contributed by atoms with E-state index in [0.717, 1.165) is 15.6 Å². The van der Waals surface area contributed by atoms with Gasteiger partial charge in [-0.2, -0.15) is 5.10 Å². The molecule has 0 aliphatic heterocycles. The number of halogens is 1. The van der Waals surface area contributed by atoms with Crippen molar-refractivity contribution in [1.29, 1.82) is 0 Å². The highest BCUT2D eigenvalue weighted by molar-refractivity contribution is 9.10. The minimum absolute atomic E-state index is 0.261. The van der Waals surface area contributed by atoms with Crippen molar-refractivity contribution in [3.63, 3.8) is 0 Å². The molecule has 6 heteroatoms. The maximum Gasteiger partial charge on any atom is 0.329 e. The highest BCUT2D eigenvalue weighted by Gasteiger charge is 2.16. The standard InChI is InChI=1S/C17H16BrN3O2/c1-12(14-7-3-2-4-8-14)20-16(22)17(23)21-19-11-13-6-5-9-15(18)10-13/h2-12H,1H3,(H,20,22)(H,21,23)/b19-11-/t12-/m0/s1. The Labute approximate surface area is 142 Å². The van der Waals surface area contributed by atoms with Gasteiger partial charge in [0.25, 0.3) is 0 Å². The van der Waals surface area contributed by atoms with Gasteiger partial charge in [0.2, 0.25) is 0 Å². The van der Waals surface area contributed by atoms with Crippen molar-refractivity contribution in [1.82, 2.24) is 10.7 Å². The normalized spacial score (nSPS) is 11.9. The van der Waals surface area contributed by atoms with Crippen molar-refractivity contribution in [2.45, 2.75) is 13.0 Å². The third kappa shape index (κ3) is 5.34. The first-order chi connectivity index (χ1) is 11.1. The highest BCUT2D eigenvalue weighted by atomic mass is 79.9. The van der Waals surface area contributed by atoms with Crippen molar-refractivity contribution in [2.75, 3.05) is 0 Å². The number of benzene rings is 2. The molecule has 2 N–H and O–H groups in total. The number of hydrogen-bond donors (Lipinski definition) is 2. The second kappa shape index (κ2) is 8.24. The number of hydrogen-bond acceptors (Lipinski definition) is 3. The molecule has 0 spiro atoms. The zero-order valence-corrected chi connectivity index (χ0v) is 14.1. The number of rotatable bonds is 4. The summed E-state index contributed by atoms with van der Waals surface area (Å²) in [7, 11) is 0. The van der Waals surface area contributed by atoms with E-state index in [0.29, 0.717) is 0 Å². The van der Waals surface area contributed by atoms with E-state index in [2.05, 4.69) is 31.8 Å². The number of carbonyl (C=O) groups excluding carboxylic acids is 2. The average molecular weight is 374 g/mol. The summed E-state index contributed by atoms with van der Waals surface area (Å²) in [6.45, 7) is 1.81. The van der Waals surface area contributed by atoms with E-state index in [-0.39, 0.29) is 6.04 Å². The van der Waals surface area contributed by atoms with E-state index >= 15 is 0 Å². The molecule has 0 fully saturated rings. The zero-order chi connectivity index (χ0) is 16.7. The Morgan fingerprint density at radius 3 is 2.52 bits per heavy atom. The van der Waals surface area contributed by atoms with E-state index in [1.54, 1.807) is 0 Å². The van der Waals surface area contributed by atoms with Crippen molar-refractivity contribution < 1.29 is 9.59 Å². The molecule has 5 nitrogen and oxygen atoms in total. The summed E-state index contributed by atoms with van der Waals surface area (Å²) < 4.78 is 0.905. The zero-order valence-electron chi connectivity index (χ0n) is 12.5. The number of hydrazone groups is 1. The topological polar surface area (TPSA) is 70.6 Å². The first-order valence-corrected chi connectivity index (χ1v) is 7.80. The number of nitrogens with one attached hydrogen (secondary N) is 2. The van der Waals surface area contributed by atoms with E-state index in [4.69, 9.17) is 0 Å². The van der Waals surface area contributed by atoms with E-state index < -0.39 is 11.8 Å². The van der Waals surface area contributed by atoms with Crippen molar-refractivity contribution >= 4 is 34.0 Å². The second-order valence-electron chi connectivity index (χ2n) is 4.86. The molecule has 0 saturated heterocycles. The van der Waals surface area contributed by atoms with Crippen LogP contribution in [0.2, 0.25) is 0 Å². The van der Waals surface area contributed by atoms with Gasteiger partial charge in [-0.1, -0.05) is 58.4 Å². The highest BCUT2D eigenvalue weighted by Crippen LogP contribution is 2.11. The van der Waals surface area contributed by atoms with Crippen LogP contribution >= 0.6 is 15.9 Å². The van der Waals surface area contributed by atoms with Crippen molar-refractivity contribution in [3.8, 4) is 0 Å². The Kier molecular flexibility index (Phi) is 6.05. The van der Waals surface area contributed by atoms with Crippen LogP contribution in [0.3, 0.4) is 0 Å². The van der Waals surface area contributed by atoms with Crippen LogP contribution in [-0.4, -0.2) is 18.0 Å². The molecule has 0 aliphatic carbocycles. The molecular formula is C17H16BrN3O2. The van der Waals surface area contributed by atoms with Gasteiger partial charge in [0.05, 0.1) is 12.3 Å². The Morgan fingerprint density at radius 1 is 1.09 bits per heavy atom. The second-order valence-corrected chi connectivity index (χ2v) is 5.78. The lowest BCUT2D eigenvalue weighted by atomic mass is 10.1. The van der Waals surface area contributed by atoms with Gasteiger partial charge < -0.3 is 5.32 Å². The number of carbonyl (C=O) groups is 2. The minimum Gasteiger partial charge on any atom is -0.341 e. The summed E-state index contributed by atoms with van der Waals surface area (Å²) in [5, 5.41) is 6.40. The molecule has 0 bridgehead atoms. The fraction of sp³-hybridized carbons (Fsp3) is 0.118. The maximum absolute atomic E-state index is 11.8. The van der Waals surface area contributed by atoms with Gasteiger partial charge >= 0.3 is 11.8 Å². The molecule has 0 aromatic heterocycles. The maximum atomic E-state index is 11.8. The van der Waals surface area contributed by atoms with E-state index in [1.807, 2.05) is 61.5 Å². The molecule has 1 atom stereocenters. The van der Waals surface area contributed by atoms with Crippen LogP contribution in [0, 0.1) is 0 Å². The summed E-state index contributed by atoms with van der Waals surface area (Å²) >= 11 is 3.34. The lowest BCUT2D eigenvalue weighted by Gasteiger charge is -2.13. The Balaban J connectivity index is 1.87. The van der Waals surface area contributed by atoms with Crippen molar-refractivity contribution in [2.24, 2.45) is 5.10 Å². The van der Waals surface area contributed by atoms with Gasteiger partial charge in [0.1, 0.15) is 0 Å². The summed E-state index contributed by atoms with van der Waals surface area (Å²) in [6, 6.07) is 16.6. The van der Waals surface area contributed by atoms with Crippen LogP contribution in [0.25, 0.3) is 0 Å². The van der Waals surface area contributed by atoms with Crippen LogP contribution in [-0.2, 0) is 9.59 Å². The molecule has 0 heterocycles. The largest absolute Gasteiger partial charge is 0.341 e. The van der Waals surface area contributed by atoms with Gasteiger partial charge in [0.15, 0.2) is 0 Å². The fourth-order valence-corrected chi connectivity index (χ4v) is 2.31. The van der Waals surface area contributed by atoms with Crippen LogP contribution in [0.5, 0.6) is 0 Å². The third-order valence-corrected chi connectivity index (χ3v) is 3.58. The SMILES string of the molecule is C[C@H](NC(=O)C(=O)N/N=C\c1cccc(Br)c1)c1ccccc1. The van der Waals surface area contributed by atoms with Crippen LogP contribution in [0.4, 0.5) is 0 Å². The summed E-state index contributed by atoms with van der Waals surface area (Å²) in [6.07, 6.45) is 1.47. The number of amides is 2. The predicted molar refractivity (Wildman–Crippen MR) is 92.9 cm³/mol. The Hall–Kier alpha value is -2.47. The van der Waals surface area contributed by atoms with Gasteiger partial charge in [-0.3, -0.25) is 9.59 Å². The number of nitrogens with zero attached hydrogens (tertiary/aromatic N) is 1. The smallest absolute Gasteiger partial charge is 0.329 e. The third-order valence-electron chi connectivity index (χ3n) is 3.08. The first-order valence-electron chi connectivity index (χ1n) is 7.00. The van der Waals surface area contributed by atoms with Crippen LogP contribution in [0.1, 0.15) is 24.1 Å².